The van der Waals surface area contributed by atoms with Gasteiger partial charge >= 0.3 is 6.09 Å². The number of H-pyrrole nitrogens is 1. The number of nitrogens with one attached hydrogen (secondary N) is 2. The van der Waals surface area contributed by atoms with Crippen molar-refractivity contribution in [1.29, 1.82) is 0 Å². The minimum absolute atomic E-state index is 0.181. The van der Waals surface area contributed by atoms with E-state index in [2.05, 4.69) is 10.3 Å². The molecule has 1 aromatic heterocycles. The van der Waals surface area contributed by atoms with Crippen LogP contribution in [0, 0.1) is 0 Å². The summed E-state index contributed by atoms with van der Waals surface area (Å²) in [7, 11) is 0. The number of para-hydroxylation sites is 1. The highest BCUT2D eigenvalue weighted by Crippen LogP contribution is 2.30. The van der Waals surface area contributed by atoms with Gasteiger partial charge in [0.15, 0.2) is 0 Å². The van der Waals surface area contributed by atoms with Gasteiger partial charge in [0.25, 0.3) is 5.56 Å². The fraction of sp³-hybridized carbons (Fsp3) is 0.120. The molecule has 2 N–H and O–H groups in total. The molecule has 0 saturated heterocycles. The number of pyridine rings is 1. The van der Waals surface area contributed by atoms with Gasteiger partial charge in [-0.15, -0.1) is 0 Å². The van der Waals surface area contributed by atoms with Crippen LogP contribution in [-0.2, 0) is 4.74 Å². The summed E-state index contributed by atoms with van der Waals surface area (Å²) in [6, 6.07) is 24.0. The van der Waals surface area contributed by atoms with Crippen molar-refractivity contribution in [1.82, 2.24) is 4.98 Å². The summed E-state index contributed by atoms with van der Waals surface area (Å²) in [5, 5.41) is 3.53. The lowest BCUT2D eigenvalue weighted by molar-refractivity contribution is 0.130. The second-order valence-electron chi connectivity index (χ2n) is 7.33. The number of carbonyl (C=O) groups excluding carboxylic acids is 1. The molecule has 0 unspecified atom stereocenters. The topological polar surface area (TPSA) is 80.4 Å². The third-order valence-corrected chi connectivity index (χ3v) is 4.58. The molecule has 0 spiro atoms. The van der Waals surface area contributed by atoms with Crippen LogP contribution in [0.2, 0.25) is 0 Å². The number of fused-ring (bicyclic) bond motifs is 1. The fourth-order valence-corrected chi connectivity index (χ4v) is 3.23. The van der Waals surface area contributed by atoms with E-state index in [4.69, 9.17) is 9.47 Å². The summed E-state index contributed by atoms with van der Waals surface area (Å²) >= 11 is 0. The Bertz CT molecular complexity index is 1280. The third kappa shape index (κ3) is 4.93. The number of aromatic amines is 1. The van der Waals surface area contributed by atoms with Crippen molar-refractivity contribution < 1.29 is 14.3 Å². The van der Waals surface area contributed by atoms with Crippen LogP contribution in [0.5, 0.6) is 11.5 Å². The Labute approximate surface area is 179 Å². The number of hydrogen-bond acceptors (Lipinski definition) is 4. The molecule has 0 atom stereocenters. The Morgan fingerprint density at radius 1 is 0.903 bits per heavy atom. The van der Waals surface area contributed by atoms with Crippen molar-refractivity contribution in [2.24, 2.45) is 0 Å². The van der Waals surface area contributed by atoms with Gasteiger partial charge in [0.1, 0.15) is 11.5 Å². The Morgan fingerprint density at radius 3 is 2.45 bits per heavy atom. The molecule has 1 amide bonds. The predicted molar refractivity (Wildman–Crippen MR) is 122 cm³/mol. The van der Waals surface area contributed by atoms with Crippen LogP contribution in [-0.4, -0.2) is 17.2 Å². The van der Waals surface area contributed by atoms with E-state index in [1.54, 1.807) is 13.8 Å². The molecule has 1 heterocycles. The minimum atomic E-state index is -0.483. The zero-order valence-corrected chi connectivity index (χ0v) is 17.2. The number of rotatable bonds is 5. The fourth-order valence-electron chi connectivity index (χ4n) is 3.23. The molecule has 4 rings (SSSR count). The molecule has 3 aromatic carbocycles. The van der Waals surface area contributed by atoms with Crippen molar-refractivity contribution in [3.63, 3.8) is 0 Å². The van der Waals surface area contributed by atoms with E-state index in [1.165, 1.54) is 6.07 Å². The van der Waals surface area contributed by atoms with E-state index in [9.17, 15) is 9.59 Å². The maximum atomic E-state index is 12.0. The number of carbonyl (C=O) groups is 1. The van der Waals surface area contributed by atoms with Gasteiger partial charge in [-0.25, -0.2) is 4.79 Å². The molecule has 0 aliphatic rings. The van der Waals surface area contributed by atoms with Crippen molar-refractivity contribution in [2.75, 3.05) is 5.32 Å². The number of anilines is 1. The molecule has 0 fully saturated rings. The zero-order chi connectivity index (χ0) is 21.8. The number of aromatic nitrogens is 1. The monoisotopic (exact) mass is 414 g/mol. The van der Waals surface area contributed by atoms with Crippen LogP contribution < -0.4 is 15.6 Å². The second-order valence-corrected chi connectivity index (χ2v) is 7.33. The van der Waals surface area contributed by atoms with Gasteiger partial charge in [0, 0.05) is 17.1 Å². The third-order valence-electron chi connectivity index (χ3n) is 4.58. The summed E-state index contributed by atoms with van der Waals surface area (Å²) in [6.45, 7) is 3.60. The SMILES string of the molecule is CC(C)OC(=O)Nc1ccc(-c2cccc(Oc3cc(=O)[nH]c4ccccc34)c2)cc1. The van der Waals surface area contributed by atoms with Crippen LogP contribution in [0.1, 0.15) is 13.8 Å². The molecule has 6 nitrogen and oxygen atoms in total. The average molecular weight is 414 g/mol. The molecule has 0 radical (unpaired) electrons. The van der Waals surface area contributed by atoms with Gasteiger partial charge in [-0.05, 0) is 61.4 Å². The van der Waals surface area contributed by atoms with Gasteiger partial charge in [-0.1, -0.05) is 36.4 Å². The summed E-state index contributed by atoms with van der Waals surface area (Å²) in [6.07, 6.45) is -0.664. The highest BCUT2D eigenvalue weighted by Gasteiger charge is 2.08. The van der Waals surface area contributed by atoms with Gasteiger partial charge < -0.3 is 14.5 Å². The smallest absolute Gasteiger partial charge is 0.411 e. The van der Waals surface area contributed by atoms with Gasteiger partial charge in [0.05, 0.1) is 11.6 Å². The molecule has 0 aliphatic heterocycles. The van der Waals surface area contributed by atoms with Crippen molar-refractivity contribution in [3.8, 4) is 22.6 Å². The van der Waals surface area contributed by atoms with Crippen LogP contribution in [0.3, 0.4) is 0 Å². The first-order chi connectivity index (χ1) is 15.0. The number of hydrogen-bond donors (Lipinski definition) is 2. The first-order valence-corrected chi connectivity index (χ1v) is 9.96. The first kappa shape index (κ1) is 20.2. The number of ether oxygens (including phenoxy) is 2. The maximum absolute atomic E-state index is 12.0. The summed E-state index contributed by atoms with van der Waals surface area (Å²) in [5.41, 5.74) is 3.06. The summed E-state index contributed by atoms with van der Waals surface area (Å²) in [5.74, 6) is 1.12. The van der Waals surface area contributed by atoms with Crippen LogP contribution in [0.25, 0.3) is 22.0 Å². The maximum Gasteiger partial charge on any atom is 0.411 e. The van der Waals surface area contributed by atoms with Gasteiger partial charge in [-0.2, -0.15) is 0 Å². The minimum Gasteiger partial charge on any atom is -0.456 e. The van der Waals surface area contributed by atoms with E-state index >= 15 is 0 Å². The lowest BCUT2D eigenvalue weighted by Crippen LogP contribution is -2.17. The quantitative estimate of drug-likeness (QED) is 0.423. The molecule has 31 heavy (non-hydrogen) atoms. The number of benzene rings is 3. The summed E-state index contributed by atoms with van der Waals surface area (Å²) in [4.78, 5) is 26.5. The molecular formula is C25H22N2O4. The summed E-state index contributed by atoms with van der Waals surface area (Å²) < 4.78 is 11.1. The standard InChI is InChI=1S/C25H22N2O4/c1-16(2)30-25(29)26-19-12-10-17(11-13-19)18-6-5-7-20(14-18)31-23-15-24(28)27-22-9-4-3-8-21(22)23/h3-16H,1-2H3,(H,26,29)(H,27,28). The van der Waals surface area contributed by atoms with E-state index in [0.717, 1.165) is 22.0 Å². The Hall–Kier alpha value is -4.06. The number of amides is 1. The normalized spacial score (nSPS) is 10.8. The Kier molecular flexibility index (Phi) is 5.71. The molecule has 6 heteroatoms. The first-order valence-electron chi connectivity index (χ1n) is 9.96. The second kappa shape index (κ2) is 8.75. The molecule has 0 bridgehead atoms. The van der Waals surface area contributed by atoms with E-state index in [1.807, 2.05) is 72.8 Å². The molecular weight excluding hydrogens is 392 g/mol. The van der Waals surface area contributed by atoms with E-state index < -0.39 is 6.09 Å². The highest BCUT2D eigenvalue weighted by molar-refractivity contribution is 5.86. The van der Waals surface area contributed by atoms with Crippen molar-refractivity contribution in [2.45, 2.75) is 20.0 Å². The van der Waals surface area contributed by atoms with Crippen LogP contribution in [0.15, 0.2) is 83.7 Å². The van der Waals surface area contributed by atoms with E-state index in [-0.39, 0.29) is 11.7 Å². The van der Waals surface area contributed by atoms with Crippen molar-refractivity contribution >= 4 is 22.7 Å². The Balaban J connectivity index is 1.55. The molecule has 156 valence electrons. The van der Waals surface area contributed by atoms with Gasteiger partial charge in [-0.3, -0.25) is 10.1 Å². The zero-order valence-electron chi connectivity index (χ0n) is 17.2. The van der Waals surface area contributed by atoms with Crippen molar-refractivity contribution in [3.05, 3.63) is 89.2 Å². The van der Waals surface area contributed by atoms with E-state index in [0.29, 0.717) is 17.2 Å². The van der Waals surface area contributed by atoms with Crippen LogP contribution >= 0.6 is 0 Å². The average Bonchev–Trinajstić information content (AvgIpc) is 2.74. The highest BCUT2D eigenvalue weighted by atomic mass is 16.6. The van der Waals surface area contributed by atoms with Crippen LogP contribution in [0.4, 0.5) is 10.5 Å². The largest absolute Gasteiger partial charge is 0.456 e. The molecule has 4 aromatic rings. The molecule has 0 saturated carbocycles. The predicted octanol–water partition coefficient (Wildman–Crippen LogP) is 5.94. The lowest BCUT2D eigenvalue weighted by atomic mass is 10.1. The van der Waals surface area contributed by atoms with Gasteiger partial charge in [0.2, 0.25) is 0 Å². The Morgan fingerprint density at radius 2 is 1.68 bits per heavy atom. The molecule has 0 aliphatic carbocycles. The lowest BCUT2D eigenvalue weighted by Gasteiger charge is -2.11.